The van der Waals surface area contributed by atoms with Gasteiger partial charge in [-0.15, -0.1) is 0 Å². The molecule has 2 aliphatic rings. The summed E-state index contributed by atoms with van der Waals surface area (Å²) < 4.78 is 0. The van der Waals surface area contributed by atoms with Crippen molar-refractivity contribution >= 4 is 12.0 Å². The molecule has 1 heterocycles. The fourth-order valence-corrected chi connectivity index (χ4v) is 3.55. The molecule has 1 saturated carbocycles. The minimum absolute atomic E-state index is 0.0650. The average Bonchev–Trinajstić information content (AvgIpc) is 2.88. The molecule has 0 atom stereocenters. The maximum absolute atomic E-state index is 11.5. The van der Waals surface area contributed by atoms with Gasteiger partial charge >= 0.3 is 0 Å². The third kappa shape index (κ3) is 2.05. The Balaban J connectivity index is 1.83. The van der Waals surface area contributed by atoms with E-state index in [1.807, 2.05) is 0 Å². The first-order valence-electron chi connectivity index (χ1n) is 7.12. The van der Waals surface area contributed by atoms with Gasteiger partial charge in [-0.3, -0.25) is 0 Å². The van der Waals surface area contributed by atoms with Gasteiger partial charge in [0.1, 0.15) is 6.29 Å². The van der Waals surface area contributed by atoms with Gasteiger partial charge in [-0.05, 0) is 37.3 Å². The van der Waals surface area contributed by atoms with E-state index in [0.717, 1.165) is 25.9 Å². The van der Waals surface area contributed by atoms with Crippen LogP contribution in [0.4, 0.5) is 5.69 Å². The van der Waals surface area contributed by atoms with Gasteiger partial charge in [0.15, 0.2) is 0 Å². The maximum Gasteiger partial charge on any atom is 0.127 e. The summed E-state index contributed by atoms with van der Waals surface area (Å²) in [7, 11) is 0. The van der Waals surface area contributed by atoms with Crippen LogP contribution >= 0.6 is 0 Å². The van der Waals surface area contributed by atoms with Crippen LogP contribution < -0.4 is 4.90 Å². The van der Waals surface area contributed by atoms with Gasteiger partial charge in [-0.25, -0.2) is 0 Å². The van der Waals surface area contributed by atoms with Crippen LogP contribution in [0.3, 0.4) is 0 Å². The van der Waals surface area contributed by atoms with Crippen LogP contribution in [0.25, 0.3) is 0 Å². The van der Waals surface area contributed by atoms with E-state index in [0.29, 0.717) is 0 Å². The minimum Gasteiger partial charge on any atom is -0.370 e. The third-order valence-electron chi connectivity index (χ3n) is 4.56. The number of hydrogen-bond acceptors (Lipinski definition) is 2. The number of benzene rings is 1. The van der Waals surface area contributed by atoms with E-state index in [9.17, 15) is 4.79 Å². The molecule has 1 aromatic rings. The molecule has 0 radical (unpaired) electrons. The van der Waals surface area contributed by atoms with Crippen LogP contribution in [-0.4, -0.2) is 19.4 Å². The highest BCUT2D eigenvalue weighted by molar-refractivity contribution is 5.63. The van der Waals surface area contributed by atoms with Crippen molar-refractivity contribution in [2.75, 3.05) is 18.0 Å². The zero-order valence-corrected chi connectivity index (χ0v) is 10.9. The number of carbonyl (C=O) groups is 1. The van der Waals surface area contributed by atoms with Crippen LogP contribution in [-0.2, 0) is 11.2 Å². The second kappa shape index (κ2) is 4.75. The van der Waals surface area contributed by atoms with E-state index in [-0.39, 0.29) is 5.41 Å². The van der Waals surface area contributed by atoms with Gasteiger partial charge in [-0.2, -0.15) is 0 Å². The highest BCUT2D eigenvalue weighted by Gasteiger charge is 2.36. The molecule has 0 N–H and O–H groups in total. The van der Waals surface area contributed by atoms with Crippen LogP contribution in [0, 0.1) is 5.41 Å². The Morgan fingerprint density at radius 3 is 2.72 bits per heavy atom. The molecule has 18 heavy (non-hydrogen) atoms. The average molecular weight is 243 g/mol. The molecule has 0 spiro atoms. The largest absolute Gasteiger partial charge is 0.370 e. The number of anilines is 1. The smallest absolute Gasteiger partial charge is 0.127 e. The predicted molar refractivity (Wildman–Crippen MR) is 73.9 cm³/mol. The molecular weight excluding hydrogens is 222 g/mol. The first-order valence-corrected chi connectivity index (χ1v) is 7.12. The normalized spacial score (nSPS) is 21.7. The zero-order chi connectivity index (χ0) is 12.4. The number of para-hydroxylation sites is 1. The summed E-state index contributed by atoms with van der Waals surface area (Å²) in [4.78, 5) is 13.9. The van der Waals surface area contributed by atoms with Crippen molar-refractivity contribution in [3.63, 3.8) is 0 Å². The molecule has 0 amide bonds. The number of rotatable bonds is 3. The molecule has 3 rings (SSSR count). The van der Waals surface area contributed by atoms with Crippen molar-refractivity contribution < 1.29 is 4.79 Å². The summed E-state index contributed by atoms with van der Waals surface area (Å²) in [5.74, 6) is 0. The van der Waals surface area contributed by atoms with E-state index in [4.69, 9.17) is 0 Å². The van der Waals surface area contributed by atoms with Gasteiger partial charge in [-0.1, -0.05) is 31.0 Å². The van der Waals surface area contributed by atoms with Crippen LogP contribution in [0.1, 0.15) is 37.7 Å². The van der Waals surface area contributed by atoms with Gasteiger partial charge in [0, 0.05) is 24.2 Å². The molecule has 1 fully saturated rings. The Morgan fingerprint density at radius 1 is 1.17 bits per heavy atom. The summed E-state index contributed by atoms with van der Waals surface area (Å²) in [5.41, 5.74) is 2.74. The first-order chi connectivity index (χ1) is 8.83. The molecular formula is C16H21NO. The summed E-state index contributed by atoms with van der Waals surface area (Å²) in [6, 6.07) is 8.67. The maximum atomic E-state index is 11.5. The fraction of sp³-hybridized carbons (Fsp3) is 0.562. The van der Waals surface area contributed by atoms with E-state index in [2.05, 4.69) is 29.2 Å². The Morgan fingerprint density at radius 2 is 1.94 bits per heavy atom. The predicted octanol–water partition coefficient (Wildman–Crippen LogP) is 3.20. The number of carbonyl (C=O) groups excluding carboxylic acids is 1. The highest BCUT2D eigenvalue weighted by atomic mass is 16.1. The third-order valence-corrected chi connectivity index (χ3v) is 4.56. The Kier molecular flexibility index (Phi) is 3.11. The molecule has 0 aromatic heterocycles. The Labute approximate surface area is 109 Å². The van der Waals surface area contributed by atoms with E-state index in [1.54, 1.807) is 0 Å². The zero-order valence-electron chi connectivity index (χ0n) is 10.9. The van der Waals surface area contributed by atoms with Crippen LogP contribution in [0.15, 0.2) is 24.3 Å². The van der Waals surface area contributed by atoms with E-state index < -0.39 is 0 Å². The fourth-order valence-electron chi connectivity index (χ4n) is 3.55. The lowest BCUT2D eigenvalue weighted by atomic mass is 9.86. The molecule has 1 aromatic carbocycles. The molecule has 0 saturated heterocycles. The highest BCUT2D eigenvalue weighted by Crippen LogP contribution is 2.39. The van der Waals surface area contributed by atoms with Gasteiger partial charge < -0.3 is 9.69 Å². The Hall–Kier alpha value is -1.31. The number of nitrogens with zero attached hydrogens (tertiary/aromatic N) is 1. The quantitative estimate of drug-likeness (QED) is 0.760. The first kappa shape index (κ1) is 11.8. The minimum atomic E-state index is -0.0650. The summed E-state index contributed by atoms with van der Waals surface area (Å²) >= 11 is 0. The van der Waals surface area contributed by atoms with Crippen molar-refractivity contribution in [3.8, 4) is 0 Å². The van der Waals surface area contributed by atoms with Gasteiger partial charge in [0.25, 0.3) is 0 Å². The molecule has 0 bridgehead atoms. The second-order valence-corrected chi connectivity index (χ2v) is 5.84. The topological polar surface area (TPSA) is 20.3 Å². The van der Waals surface area contributed by atoms with Crippen LogP contribution in [0.2, 0.25) is 0 Å². The molecule has 96 valence electrons. The lowest BCUT2D eigenvalue weighted by molar-refractivity contribution is -0.115. The van der Waals surface area contributed by atoms with Crippen molar-refractivity contribution in [1.82, 2.24) is 0 Å². The standard InChI is InChI=1S/C16H21NO/c18-13-16(9-3-4-10-16)12-17-11-5-7-14-6-1-2-8-15(14)17/h1-2,6,8,13H,3-5,7,9-12H2. The lowest BCUT2D eigenvalue weighted by Gasteiger charge is -2.36. The van der Waals surface area contributed by atoms with Crippen molar-refractivity contribution in [3.05, 3.63) is 29.8 Å². The van der Waals surface area contributed by atoms with Crippen molar-refractivity contribution in [1.29, 1.82) is 0 Å². The summed E-state index contributed by atoms with van der Waals surface area (Å²) in [5, 5.41) is 0. The van der Waals surface area contributed by atoms with E-state index >= 15 is 0 Å². The summed E-state index contributed by atoms with van der Waals surface area (Å²) in [6.07, 6.45) is 8.22. The van der Waals surface area contributed by atoms with Gasteiger partial charge in [0.2, 0.25) is 0 Å². The number of fused-ring (bicyclic) bond motifs is 1. The summed E-state index contributed by atoms with van der Waals surface area (Å²) in [6.45, 7) is 2.03. The SMILES string of the molecule is O=CC1(CN2CCCc3ccccc32)CCCC1. The van der Waals surface area contributed by atoms with Crippen molar-refractivity contribution in [2.24, 2.45) is 5.41 Å². The van der Waals surface area contributed by atoms with E-state index in [1.165, 1.54) is 43.2 Å². The monoisotopic (exact) mass is 243 g/mol. The second-order valence-electron chi connectivity index (χ2n) is 5.84. The van der Waals surface area contributed by atoms with Crippen LogP contribution in [0.5, 0.6) is 0 Å². The number of aldehydes is 1. The molecule has 1 aliphatic carbocycles. The van der Waals surface area contributed by atoms with Crippen molar-refractivity contribution in [2.45, 2.75) is 38.5 Å². The molecule has 2 nitrogen and oxygen atoms in total. The number of hydrogen-bond donors (Lipinski definition) is 0. The molecule has 0 unspecified atom stereocenters. The van der Waals surface area contributed by atoms with Gasteiger partial charge in [0.05, 0.1) is 0 Å². The molecule has 1 aliphatic heterocycles. The molecule has 2 heteroatoms. The number of aryl methyl sites for hydroxylation is 1. The Bertz CT molecular complexity index is 434. The lowest BCUT2D eigenvalue weighted by Crippen LogP contribution is -2.40.